The zero-order valence-corrected chi connectivity index (χ0v) is 10.2. The lowest BCUT2D eigenvalue weighted by Crippen LogP contribution is -2.22. The van der Waals surface area contributed by atoms with E-state index in [-0.39, 0.29) is 17.7 Å². The molecule has 6 heteroatoms. The molecular weight excluding hydrogens is 240 g/mol. The fraction of sp³-hybridized carbons (Fsp3) is 0.417. The quantitative estimate of drug-likeness (QED) is 0.658. The number of methoxy groups -OCH3 is 2. The second kappa shape index (κ2) is 6.23. The fourth-order valence-corrected chi connectivity index (χ4v) is 1.47. The Hall–Kier alpha value is -1.79. The number of carbonyl (C=O) groups excluding carboxylic acids is 1. The second-order valence-corrected chi connectivity index (χ2v) is 3.72. The third-order valence-corrected chi connectivity index (χ3v) is 2.52. The van der Waals surface area contributed by atoms with Gasteiger partial charge < -0.3 is 24.8 Å². The molecule has 0 aliphatic carbocycles. The monoisotopic (exact) mass is 256 g/mol. The average Bonchev–Trinajstić information content (AvgIpc) is 2.37. The van der Waals surface area contributed by atoms with Crippen molar-refractivity contribution in [2.75, 3.05) is 14.2 Å². The molecule has 0 aromatic heterocycles. The van der Waals surface area contributed by atoms with E-state index in [2.05, 4.69) is 4.74 Å². The van der Waals surface area contributed by atoms with E-state index in [0.29, 0.717) is 5.75 Å². The predicted octanol–water partition coefficient (Wildman–Crippen LogP) is 0.358. The number of carbonyl (C=O) groups is 1. The number of phenolic OH excluding ortho intramolecular Hbond substituents is 1. The maximum atomic E-state index is 11.0. The van der Waals surface area contributed by atoms with Crippen molar-refractivity contribution in [3.05, 3.63) is 23.8 Å². The molecule has 0 aliphatic heterocycles. The molecule has 1 aromatic rings. The van der Waals surface area contributed by atoms with E-state index >= 15 is 0 Å². The summed E-state index contributed by atoms with van der Waals surface area (Å²) in [4.78, 5) is 11.0. The highest BCUT2D eigenvalue weighted by Crippen LogP contribution is 2.30. The van der Waals surface area contributed by atoms with E-state index < -0.39 is 18.2 Å². The van der Waals surface area contributed by atoms with Crippen LogP contribution < -0.4 is 4.74 Å². The molecule has 0 saturated carbocycles. The lowest BCUT2D eigenvalue weighted by molar-refractivity contribution is -0.144. The van der Waals surface area contributed by atoms with Crippen LogP contribution in [0.25, 0.3) is 0 Å². The van der Waals surface area contributed by atoms with E-state index in [1.54, 1.807) is 0 Å². The van der Waals surface area contributed by atoms with Crippen LogP contribution in [-0.2, 0) is 9.53 Å². The number of hydrogen-bond acceptors (Lipinski definition) is 6. The first-order valence-electron chi connectivity index (χ1n) is 5.29. The largest absolute Gasteiger partial charge is 0.507 e. The van der Waals surface area contributed by atoms with Crippen LogP contribution in [0, 0.1) is 0 Å². The van der Waals surface area contributed by atoms with Gasteiger partial charge in [-0.3, -0.25) is 4.79 Å². The minimum Gasteiger partial charge on any atom is -0.507 e. The third-order valence-electron chi connectivity index (χ3n) is 2.52. The summed E-state index contributed by atoms with van der Waals surface area (Å²) in [5, 5.41) is 29.1. The van der Waals surface area contributed by atoms with Gasteiger partial charge in [-0.15, -0.1) is 0 Å². The number of aliphatic hydroxyl groups excluding tert-OH is 2. The van der Waals surface area contributed by atoms with Crippen molar-refractivity contribution >= 4 is 5.97 Å². The first kappa shape index (κ1) is 14.3. The zero-order valence-electron chi connectivity index (χ0n) is 10.2. The Kier molecular flexibility index (Phi) is 4.94. The van der Waals surface area contributed by atoms with E-state index in [9.17, 15) is 20.1 Å². The topological polar surface area (TPSA) is 96.2 Å². The standard InChI is InChI=1S/C12H16O6/c1-17-7-3-4-8(9(13)5-7)12(16)10(14)6-11(15)18-2/h3-5,10,12-14,16H,6H2,1-2H3. The summed E-state index contributed by atoms with van der Waals surface area (Å²) in [7, 11) is 2.63. The number of benzene rings is 1. The van der Waals surface area contributed by atoms with Gasteiger partial charge in [-0.1, -0.05) is 0 Å². The highest BCUT2D eigenvalue weighted by molar-refractivity contribution is 5.69. The number of aliphatic hydroxyl groups is 2. The highest BCUT2D eigenvalue weighted by Gasteiger charge is 2.24. The van der Waals surface area contributed by atoms with Crippen molar-refractivity contribution in [1.29, 1.82) is 0 Å². The SMILES string of the molecule is COC(=O)CC(O)C(O)c1ccc(OC)cc1O. The predicted molar refractivity (Wildman–Crippen MR) is 62.3 cm³/mol. The second-order valence-electron chi connectivity index (χ2n) is 3.72. The number of esters is 1. The Morgan fingerprint density at radius 3 is 2.50 bits per heavy atom. The van der Waals surface area contributed by atoms with Crippen LogP contribution in [0.5, 0.6) is 11.5 Å². The van der Waals surface area contributed by atoms with Crippen LogP contribution in [0.1, 0.15) is 18.1 Å². The van der Waals surface area contributed by atoms with Crippen molar-refractivity contribution in [2.45, 2.75) is 18.6 Å². The summed E-state index contributed by atoms with van der Waals surface area (Å²) in [5.41, 5.74) is 0.118. The van der Waals surface area contributed by atoms with Crippen molar-refractivity contribution in [1.82, 2.24) is 0 Å². The summed E-state index contributed by atoms with van der Waals surface area (Å²) in [6.45, 7) is 0. The van der Waals surface area contributed by atoms with Gasteiger partial charge in [-0.2, -0.15) is 0 Å². The molecule has 1 aromatic carbocycles. The molecule has 100 valence electrons. The summed E-state index contributed by atoms with van der Waals surface area (Å²) >= 11 is 0. The third kappa shape index (κ3) is 3.35. The molecule has 1 rings (SSSR count). The number of hydrogen-bond donors (Lipinski definition) is 3. The molecule has 0 bridgehead atoms. The van der Waals surface area contributed by atoms with Gasteiger partial charge in [-0.05, 0) is 12.1 Å². The van der Waals surface area contributed by atoms with Crippen LogP contribution in [0.15, 0.2) is 18.2 Å². The molecule has 2 atom stereocenters. The van der Waals surface area contributed by atoms with Crippen LogP contribution in [0.3, 0.4) is 0 Å². The van der Waals surface area contributed by atoms with Crippen LogP contribution in [0.4, 0.5) is 0 Å². The molecule has 0 spiro atoms. The van der Waals surface area contributed by atoms with Gasteiger partial charge in [0.05, 0.1) is 26.7 Å². The van der Waals surface area contributed by atoms with Crippen LogP contribution >= 0.6 is 0 Å². The maximum Gasteiger partial charge on any atom is 0.308 e. The normalized spacial score (nSPS) is 13.8. The molecule has 0 heterocycles. The molecule has 0 radical (unpaired) electrons. The van der Waals surface area contributed by atoms with Crippen LogP contribution in [-0.4, -0.2) is 41.6 Å². The lowest BCUT2D eigenvalue weighted by atomic mass is 10.0. The van der Waals surface area contributed by atoms with Crippen molar-refractivity contribution in [3.63, 3.8) is 0 Å². The molecular formula is C12H16O6. The van der Waals surface area contributed by atoms with Gasteiger partial charge in [0, 0.05) is 11.6 Å². The first-order valence-corrected chi connectivity index (χ1v) is 5.29. The van der Waals surface area contributed by atoms with Gasteiger partial charge in [0.25, 0.3) is 0 Å². The van der Waals surface area contributed by atoms with E-state index in [0.717, 1.165) is 0 Å². The number of aromatic hydroxyl groups is 1. The first-order chi connectivity index (χ1) is 8.49. The average molecular weight is 256 g/mol. The fourth-order valence-electron chi connectivity index (χ4n) is 1.47. The Labute approximate surface area is 104 Å². The van der Waals surface area contributed by atoms with Crippen molar-refractivity contribution in [3.8, 4) is 11.5 Å². The highest BCUT2D eigenvalue weighted by atomic mass is 16.5. The Morgan fingerprint density at radius 1 is 1.33 bits per heavy atom. The molecule has 3 N–H and O–H groups in total. The smallest absolute Gasteiger partial charge is 0.308 e. The number of phenols is 1. The van der Waals surface area contributed by atoms with E-state index in [1.165, 1.54) is 32.4 Å². The number of rotatable bonds is 5. The molecule has 18 heavy (non-hydrogen) atoms. The van der Waals surface area contributed by atoms with Crippen molar-refractivity contribution in [2.24, 2.45) is 0 Å². The summed E-state index contributed by atoms with van der Waals surface area (Å²) < 4.78 is 9.28. The number of ether oxygens (including phenoxy) is 2. The maximum absolute atomic E-state index is 11.0. The van der Waals surface area contributed by atoms with Gasteiger partial charge in [0.2, 0.25) is 0 Å². The molecule has 0 amide bonds. The summed E-state index contributed by atoms with van der Waals surface area (Å²) in [5.74, 6) is -0.439. The van der Waals surface area contributed by atoms with E-state index in [4.69, 9.17) is 4.74 Å². The van der Waals surface area contributed by atoms with Gasteiger partial charge in [0.1, 0.15) is 17.6 Å². The Morgan fingerprint density at radius 2 is 2.00 bits per heavy atom. The molecule has 2 unspecified atom stereocenters. The van der Waals surface area contributed by atoms with E-state index in [1.807, 2.05) is 0 Å². The molecule has 0 aliphatic rings. The minimum absolute atomic E-state index is 0.118. The van der Waals surface area contributed by atoms with Gasteiger partial charge >= 0.3 is 5.97 Å². The minimum atomic E-state index is -1.38. The molecule has 0 fully saturated rings. The van der Waals surface area contributed by atoms with Crippen LogP contribution in [0.2, 0.25) is 0 Å². The summed E-state index contributed by atoms with van der Waals surface area (Å²) in [6, 6.07) is 4.26. The molecule has 0 saturated heterocycles. The van der Waals surface area contributed by atoms with Gasteiger partial charge in [0.15, 0.2) is 0 Å². The summed E-state index contributed by atoms with van der Waals surface area (Å²) in [6.07, 6.45) is -3.09. The van der Waals surface area contributed by atoms with Gasteiger partial charge in [-0.25, -0.2) is 0 Å². The van der Waals surface area contributed by atoms with Crippen molar-refractivity contribution < 1.29 is 29.6 Å². The zero-order chi connectivity index (χ0) is 13.7. The molecule has 6 nitrogen and oxygen atoms in total. The Balaban J connectivity index is 2.83. The lowest BCUT2D eigenvalue weighted by Gasteiger charge is -2.18. The Bertz CT molecular complexity index is 417.